The van der Waals surface area contributed by atoms with Crippen molar-refractivity contribution in [2.24, 2.45) is 5.73 Å². The van der Waals surface area contributed by atoms with E-state index in [2.05, 4.69) is 0 Å². The Morgan fingerprint density at radius 1 is 1.32 bits per heavy atom. The smallest absolute Gasteiger partial charge is 0.322 e. The highest BCUT2D eigenvalue weighted by molar-refractivity contribution is 7.86. The minimum atomic E-state index is -4.06. The lowest BCUT2D eigenvalue weighted by Gasteiger charge is -2.04. The molecule has 7 nitrogen and oxygen atoms in total. The van der Waals surface area contributed by atoms with Gasteiger partial charge in [0.15, 0.2) is 0 Å². The van der Waals surface area contributed by atoms with Crippen LogP contribution in [-0.4, -0.2) is 41.8 Å². The van der Waals surface area contributed by atoms with Crippen LogP contribution in [0.25, 0.3) is 0 Å². The first-order valence-electron chi connectivity index (χ1n) is 5.24. The van der Waals surface area contributed by atoms with Crippen molar-refractivity contribution in [1.29, 1.82) is 0 Å². The molecule has 8 heteroatoms. The summed E-state index contributed by atoms with van der Waals surface area (Å²) in [6.07, 6.45) is 0. The SMILES string of the molecule is Cc1cccc(C)c1S(=O)(=O)O.NC(CO)C(=O)O. The van der Waals surface area contributed by atoms with Gasteiger partial charge in [-0.2, -0.15) is 8.42 Å². The third-order valence-corrected chi connectivity index (χ3v) is 3.34. The van der Waals surface area contributed by atoms with Gasteiger partial charge in [0.25, 0.3) is 10.1 Å². The van der Waals surface area contributed by atoms with Gasteiger partial charge < -0.3 is 15.9 Å². The van der Waals surface area contributed by atoms with Crippen LogP contribution in [0.4, 0.5) is 0 Å². The molecule has 0 bridgehead atoms. The van der Waals surface area contributed by atoms with Crippen LogP contribution in [0.1, 0.15) is 11.1 Å². The summed E-state index contributed by atoms with van der Waals surface area (Å²) in [4.78, 5) is 9.66. The number of aliphatic carboxylic acids is 1. The number of hydrogen-bond donors (Lipinski definition) is 4. The van der Waals surface area contributed by atoms with Gasteiger partial charge in [-0.3, -0.25) is 9.35 Å². The molecule has 1 atom stereocenters. The van der Waals surface area contributed by atoms with Crippen molar-refractivity contribution in [3.8, 4) is 0 Å². The van der Waals surface area contributed by atoms with E-state index in [9.17, 15) is 13.2 Å². The first-order chi connectivity index (χ1) is 8.61. The lowest BCUT2D eigenvalue weighted by atomic mass is 10.2. The van der Waals surface area contributed by atoms with Crippen molar-refractivity contribution in [3.05, 3.63) is 29.3 Å². The summed E-state index contributed by atoms with van der Waals surface area (Å²) in [5.74, 6) is -1.18. The summed E-state index contributed by atoms with van der Waals surface area (Å²) in [5, 5.41) is 15.9. The fraction of sp³-hybridized carbons (Fsp3) is 0.364. The monoisotopic (exact) mass is 291 g/mol. The van der Waals surface area contributed by atoms with Crippen LogP contribution in [0, 0.1) is 13.8 Å². The van der Waals surface area contributed by atoms with Crippen LogP contribution in [0.15, 0.2) is 23.1 Å². The molecule has 0 radical (unpaired) electrons. The molecule has 0 saturated carbocycles. The Morgan fingerprint density at radius 2 is 1.74 bits per heavy atom. The van der Waals surface area contributed by atoms with Crippen molar-refractivity contribution in [2.75, 3.05) is 6.61 Å². The lowest BCUT2D eigenvalue weighted by Crippen LogP contribution is -2.33. The van der Waals surface area contributed by atoms with Crippen molar-refractivity contribution in [3.63, 3.8) is 0 Å². The predicted molar refractivity (Wildman–Crippen MR) is 68.4 cm³/mol. The molecule has 19 heavy (non-hydrogen) atoms. The van der Waals surface area contributed by atoms with E-state index in [-0.39, 0.29) is 4.90 Å². The molecule has 1 rings (SSSR count). The zero-order valence-corrected chi connectivity index (χ0v) is 11.4. The van der Waals surface area contributed by atoms with E-state index in [4.69, 9.17) is 20.5 Å². The number of hydrogen-bond acceptors (Lipinski definition) is 5. The van der Waals surface area contributed by atoms with Crippen molar-refractivity contribution >= 4 is 16.1 Å². The van der Waals surface area contributed by atoms with E-state index in [1.54, 1.807) is 32.0 Å². The molecule has 108 valence electrons. The summed E-state index contributed by atoms with van der Waals surface area (Å²) in [7, 11) is -4.06. The summed E-state index contributed by atoms with van der Waals surface area (Å²) >= 11 is 0. The van der Waals surface area contributed by atoms with E-state index in [1.165, 1.54) is 0 Å². The first-order valence-corrected chi connectivity index (χ1v) is 6.68. The highest BCUT2D eigenvalue weighted by atomic mass is 32.2. The molecule has 0 aromatic heterocycles. The fourth-order valence-electron chi connectivity index (χ4n) is 1.28. The Morgan fingerprint density at radius 3 is 1.89 bits per heavy atom. The zero-order valence-electron chi connectivity index (χ0n) is 10.6. The molecule has 0 amide bonds. The van der Waals surface area contributed by atoms with Crippen LogP contribution >= 0.6 is 0 Å². The number of aliphatic hydroxyl groups is 1. The van der Waals surface area contributed by atoms with E-state index in [0.29, 0.717) is 11.1 Å². The fourth-order valence-corrected chi connectivity index (χ4v) is 2.23. The topological polar surface area (TPSA) is 138 Å². The highest BCUT2D eigenvalue weighted by Crippen LogP contribution is 2.18. The van der Waals surface area contributed by atoms with Gasteiger partial charge in [0.2, 0.25) is 0 Å². The average molecular weight is 291 g/mol. The second-order valence-electron chi connectivity index (χ2n) is 3.82. The van der Waals surface area contributed by atoms with Crippen molar-refractivity contribution < 1.29 is 28.0 Å². The van der Waals surface area contributed by atoms with E-state index >= 15 is 0 Å². The summed E-state index contributed by atoms with van der Waals surface area (Å²) in [6, 6.07) is 3.92. The standard InChI is InChI=1S/C8H10O3S.C3H7NO3/c1-6-4-3-5-7(2)8(6)12(9,10)11;4-2(1-5)3(6)7/h3-5H,1-2H3,(H,9,10,11);2,5H,1,4H2,(H,6,7). The van der Waals surface area contributed by atoms with Crippen molar-refractivity contribution in [1.82, 2.24) is 0 Å². The summed E-state index contributed by atoms with van der Waals surface area (Å²) < 4.78 is 30.5. The van der Waals surface area contributed by atoms with Gasteiger partial charge >= 0.3 is 5.97 Å². The van der Waals surface area contributed by atoms with Crippen LogP contribution in [0.5, 0.6) is 0 Å². The number of benzene rings is 1. The lowest BCUT2D eigenvalue weighted by molar-refractivity contribution is -0.139. The van der Waals surface area contributed by atoms with Gasteiger partial charge in [-0.15, -0.1) is 0 Å². The molecule has 1 aromatic carbocycles. The van der Waals surface area contributed by atoms with Gasteiger partial charge in [0.05, 0.1) is 11.5 Å². The summed E-state index contributed by atoms with van der Waals surface area (Å²) in [6.45, 7) is 2.79. The highest BCUT2D eigenvalue weighted by Gasteiger charge is 2.14. The third-order valence-electron chi connectivity index (χ3n) is 2.18. The molecule has 5 N–H and O–H groups in total. The maximum atomic E-state index is 10.8. The maximum absolute atomic E-state index is 10.8. The zero-order chi connectivity index (χ0) is 15.2. The molecule has 0 spiro atoms. The Kier molecular flexibility index (Phi) is 6.63. The van der Waals surface area contributed by atoms with Crippen LogP contribution in [0.2, 0.25) is 0 Å². The van der Waals surface area contributed by atoms with Crippen molar-refractivity contribution in [2.45, 2.75) is 24.8 Å². The van der Waals surface area contributed by atoms with Gasteiger partial charge in [0.1, 0.15) is 6.04 Å². The average Bonchev–Trinajstić information content (AvgIpc) is 2.26. The van der Waals surface area contributed by atoms with E-state index in [0.717, 1.165) is 0 Å². The van der Waals surface area contributed by atoms with E-state index in [1.807, 2.05) is 0 Å². The molecule has 0 fully saturated rings. The number of nitrogens with two attached hydrogens (primary N) is 1. The normalized spacial score (nSPS) is 12.3. The Balaban J connectivity index is 0.000000399. The number of rotatable bonds is 3. The van der Waals surface area contributed by atoms with E-state index < -0.39 is 28.7 Å². The first kappa shape index (κ1) is 17.5. The van der Waals surface area contributed by atoms with Gasteiger partial charge in [0, 0.05) is 0 Å². The number of carboxylic acid groups (broad SMARTS) is 1. The predicted octanol–water partition coefficient (Wildman–Crippen LogP) is -0.0593. The largest absolute Gasteiger partial charge is 0.480 e. The van der Waals surface area contributed by atoms with Crippen LogP contribution in [-0.2, 0) is 14.9 Å². The molecule has 0 aliphatic heterocycles. The number of aryl methyl sites for hydroxylation is 2. The van der Waals surface area contributed by atoms with Crippen LogP contribution < -0.4 is 5.73 Å². The molecule has 0 aliphatic rings. The quantitative estimate of drug-likeness (QED) is 0.572. The minimum absolute atomic E-state index is 0.0185. The van der Waals surface area contributed by atoms with Gasteiger partial charge in [-0.05, 0) is 25.0 Å². The second-order valence-corrected chi connectivity index (χ2v) is 5.18. The molecular weight excluding hydrogens is 274 g/mol. The third kappa shape index (κ3) is 5.79. The molecule has 0 aliphatic carbocycles. The summed E-state index contributed by atoms with van der Waals surface area (Å²) in [5.41, 5.74) is 5.90. The molecular formula is C11H17NO6S. The maximum Gasteiger partial charge on any atom is 0.322 e. The van der Waals surface area contributed by atoms with Gasteiger partial charge in [-0.25, -0.2) is 0 Å². The Bertz CT molecular complexity index is 520. The number of carbonyl (C=O) groups is 1. The molecule has 0 heterocycles. The molecule has 1 aromatic rings. The number of carboxylic acids is 1. The minimum Gasteiger partial charge on any atom is -0.480 e. The Labute approximate surface area is 111 Å². The second kappa shape index (κ2) is 7.19. The van der Waals surface area contributed by atoms with Gasteiger partial charge in [-0.1, -0.05) is 18.2 Å². The number of aliphatic hydroxyl groups excluding tert-OH is 1. The molecule has 1 unspecified atom stereocenters. The van der Waals surface area contributed by atoms with Crippen LogP contribution in [0.3, 0.4) is 0 Å². The Hall–Kier alpha value is -1.48. The molecule has 0 saturated heterocycles.